The maximum Gasteiger partial charge on any atom is 0.249 e. The summed E-state index contributed by atoms with van der Waals surface area (Å²) in [7, 11) is 1.84. The van der Waals surface area contributed by atoms with E-state index in [9.17, 15) is 9.59 Å². The topological polar surface area (TPSA) is 59.1 Å². The lowest BCUT2D eigenvalue weighted by molar-refractivity contribution is -0.184. The Labute approximate surface area is 171 Å². The Bertz CT molecular complexity index is 858. The van der Waals surface area contributed by atoms with Crippen LogP contribution in [-0.4, -0.2) is 61.1 Å². The number of carbonyl (C=O) groups excluding carboxylic acids is 2. The van der Waals surface area contributed by atoms with Gasteiger partial charge >= 0.3 is 0 Å². The number of nitrogens with zero attached hydrogens (tertiary/aromatic N) is 2. The molecule has 2 fully saturated rings. The van der Waals surface area contributed by atoms with Crippen molar-refractivity contribution in [2.45, 2.75) is 24.5 Å². The highest BCUT2D eigenvalue weighted by Gasteiger charge is 2.53. The first-order valence-corrected chi connectivity index (χ1v) is 10.0. The first-order chi connectivity index (χ1) is 14.1. The van der Waals surface area contributed by atoms with E-state index in [1.54, 1.807) is 0 Å². The molecule has 2 saturated heterocycles. The molecule has 0 spiro atoms. The van der Waals surface area contributed by atoms with Crippen LogP contribution in [0.4, 0.5) is 0 Å². The standard InChI is InChI=1S/C23H26N2O4/c1-24-22(27)17-29-20-16-25(14-13-23(20,24)18-8-4-2-5-9-18)21(26)12-15-28-19-10-6-3-7-11-19/h2-11,20H,12-17H2,1H3/t20-,23+/m1/s1. The number of piperidine rings is 1. The van der Waals surface area contributed by atoms with Gasteiger partial charge < -0.3 is 19.3 Å². The largest absolute Gasteiger partial charge is 0.493 e. The van der Waals surface area contributed by atoms with Crippen LogP contribution in [0.5, 0.6) is 5.75 Å². The highest BCUT2D eigenvalue weighted by Crippen LogP contribution is 2.42. The average Bonchev–Trinajstić information content (AvgIpc) is 2.77. The molecule has 2 heterocycles. The van der Waals surface area contributed by atoms with Gasteiger partial charge in [-0.15, -0.1) is 0 Å². The average molecular weight is 394 g/mol. The molecule has 6 heteroatoms. The van der Waals surface area contributed by atoms with Gasteiger partial charge in [0.15, 0.2) is 0 Å². The Kier molecular flexibility index (Phi) is 5.53. The van der Waals surface area contributed by atoms with Gasteiger partial charge in [0.1, 0.15) is 18.5 Å². The minimum Gasteiger partial charge on any atom is -0.493 e. The van der Waals surface area contributed by atoms with Crippen molar-refractivity contribution < 1.29 is 19.1 Å². The SMILES string of the molecule is CN1C(=O)CO[C@@H]2CN(C(=O)CCOc3ccccc3)CC[C@]21c1ccccc1. The van der Waals surface area contributed by atoms with Crippen molar-refractivity contribution in [1.29, 1.82) is 0 Å². The number of likely N-dealkylation sites (tertiary alicyclic amines) is 1. The molecule has 29 heavy (non-hydrogen) atoms. The molecule has 2 atom stereocenters. The molecule has 152 valence electrons. The summed E-state index contributed by atoms with van der Waals surface area (Å²) in [6.45, 7) is 1.44. The van der Waals surface area contributed by atoms with Gasteiger partial charge in [-0.05, 0) is 24.1 Å². The van der Waals surface area contributed by atoms with Gasteiger partial charge in [0, 0.05) is 20.1 Å². The lowest BCUT2D eigenvalue weighted by atomic mass is 9.76. The maximum atomic E-state index is 12.8. The molecule has 4 rings (SSSR count). The summed E-state index contributed by atoms with van der Waals surface area (Å²) < 4.78 is 11.6. The number of likely N-dealkylation sites (N-methyl/N-ethyl adjacent to an activating group) is 1. The van der Waals surface area contributed by atoms with E-state index in [0.717, 1.165) is 11.3 Å². The lowest BCUT2D eigenvalue weighted by Crippen LogP contribution is -2.67. The summed E-state index contributed by atoms with van der Waals surface area (Å²) in [5.74, 6) is 0.782. The van der Waals surface area contributed by atoms with Gasteiger partial charge in [0.05, 0.1) is 18.6 Å². The van der Waals surface area contributed by atoms with Crippen molar-refractivity contribution in [3.05, 3.63) is 66.2 Å². The van der Waals surface area contributed by atoms with E-state index >= 15 is 0 Å². The second kappa shape index (κ2) is 8.25. The molecule has 0 saturated carbocycles. The number of para-hydroxylation sites is 1. The van der Waals surface area contributed by atoms with Gasteiger partial charge in [-0.3, -0.25) is 9.59 Å². The molecule has 0 N–H and O–H groups in total. The van der Waals surface area contributed by atoms with E-state index in [1.165, 1.54) is 0 Å². The molecule has 2 aliphatic heterocycles. The fourth-order valence-electron chi connectivity index (χ4n) is 4.38. The fourth-order valence-corrected chi connectivity index (χ4v) is 4.38. The van der Waals surface area contributed by atoms with Crippen molar-refractivity contribution >= 4 is 11.8 Å². The fraction of sp³-hybridized carbons (Fsp3) is 0.391. The third-order valence-electron chi connectivity index (χ3n) is 6.02. The van der Waals surface area contributed by atoms with Crippen LogP contribution < -0.4 is 4.74 Å². The molecule has 0 aliphatic carbocycles. The van der Waals surface area contributed by atoms with Crippen LogP contribution in [-0.2, 0) is 19.9 Å². The third-order valence-corrected chi connectivity index (χ3v) is 6.02. The van der Waals surface area contributed by atoms with Crippen LogP contribution in [0.1, 0.15) is 18.4 Å². The highest BCUT2D eigenvalue weighted by atomic mass is 16.5. The third kappa shape index (κ3) is 3.72. The number of hydrogen-bond donors (Lipinski definition) is 0. The van der Waals surface area contributed by atoms with Crippen molar-refractivity contribution in [3.63, 3.8) is 0 Å². The minimum absolute atomic E-state index is 0.0267. The summed E-state index contributed by atoms with van der Waals surface area (Å²) >= 11 is 0. The zero-order valence-corrected chi connectivity index (χ0v) is 16.6. The molecule has 2 aromatic carbocycles. The van der Waals surface area contributed by atoms with Crippen molar-refractivity contribution in [1.82, 2.24) is 9.80 Å². The predicted molar refractivity (Wildman–Crippen MR) is 108 cm³/mol. The zero-order chi connectivity index (χ0) is 20.3. The van der Waals surface area contributed by atoms with Gasteiger partial charge in [0.2, 0.25) is 11.8 Å². The summed E-state index contributed by atoms with van der Waals surface area (Å²) in [6.07, 6.45) is 0.713. The second-order valence-electron chi connectivity index (χ2n) is 7.54. The normalized spacial score (nSPS) is 24.2. The molecular weight excluding hydrogens is 368 g/mol. The first-order valence-electron chi connectivity index (χ1n) is 10.0. The number of amides is 2. The molecule has 0 aromatic heterocycles. The Morgan fingerprint density at radius 2 is 1.83 bits per heavy atom. The number of rotatable bonds is 5. The molecule has 2 aromatic rings. The summed E-state index contributed by atoms with van der Waals surface area (Å²) in [4.78, 5) is 28.8. The molecule has 2 aliphatic rings. The van der Waals surface area contributed by atoms with Crippen molar-refractivity contribution in [2.75, 3.05) is 33.4 Å². The number of benzene rings is 2. The molecule has 0 unspecified atom stereocenters. The van der Waals surface area contributed by atoms with Gasteiger partial charge in [-0.2, -0.15) is 0 Å². The van der Waals surface area contributed by atoms with Crippen LogP contribution in [0.25, 0.3) is 0 Å². The lowest BCUT2D eigenvalue weighted by Gasteiger charge is -2.54. The molecule has 6 nitrogen and oxygen atoms in total. The predicted octanol–water partition coefficient (Wildman–Crippen LogP) is 2.44. The summed E-state index contributed by atoms with van der Waals surface area (Å²) in [5.41, 5.74) is 0.522. The maximum absolute atomic E-state index is 12.8. The van der Waals surface area contributed by atoms with E-state index in [-0.39, 0.29) is 24.5 Å². The van der Waals surface area contributed by atoms with Crippen LogP contribution in [0.2, 0.25) is 0 Å². The minimum atomic E-state index is -0.534. The number of carbonyl (C=O) groups is 2. The number of ether oxygens (including phenoxy) is 2. The number of morpholine rings is 1. The molecule has 0 bridgehead atoms. The first kappa shape index (κ1) is 19.5. The Hall–Kier alpha value is -2.86. The van der Waals surface area contributed by atoms with E-state index in [1.807, 2.05) is 77.5 Å². The number of fused-ring (bicyclic) bond motifs is 1. The number of hydrogen-bond acceptors (Lipinski definition) is 4. The van der Waals surface area contributed by atoms with Gasteiger partial charge in [-0.25, -0.2) is 0 Å². The van der Waals surface area contributed by atoms with Gasteiger partial charge in [-0.1, -0.05) is 48.5 Å². The molecule has 2 amide bonds. The highest BCUT2D eigenvalue weighted by molar-refractivity contribution is 5.80. The van der Waals surface area contributed by atoms with Gasteiger partial charge in [0.25, 0.3) is 0 Å². The van der Waals surface area contributed by atoms with Crippen LogP contribution >= 0.6 is 0 Å². The smallest absolute Gasteiger partial charge is 0.249 e. The molecule has 0 radical (unpaired) electrons. The van der Waals surface area contributed by atoms with Crippen LogP contribution in [0.3, 0.4) is 0 Å². The van der Waals surface area contributed by atoms with Crippen molar-refractivity contribution in [3.8, 4) is 5.75 Å². The van der Waals surface area contributed by atoms with E-state index in [4.69, 9.17) is 9.47 Å². The van der Waals surface area contributed by atoms with Crippen LogP contribution in [0.15, 0.2) is 60.7 Å². The monoisotopic (exact) mass is 394 g/mol. The zero-order valence-electron chi connectivity index (χ0n) is 16.6. The van der Waals surface area contributed by atoms with E-state index in [2.05, 4.69) is 0 Å². The Morgan fingerprint density at radius 1 is 1.14 bits per heavy atom. The Balaban J connectivity index is 1.44. The second-order valence-corrected chi connectivity index (χ2v) is 7.54. The summed E-state index contributed by atoms with van der Waals surface area (Å²) in [6, 6.07) is 19.5. The Morgan fingerprint density at radius 3 is 2.55 bits per heavy atom. The summed E-state index contributed by atoms with van der Waals surface area (Å²) in [5, 5.41) is 0. The molecular formula is C23H26N2O4. The van der Waals surface area contributed by atoms with Crippen molar-refractivity contribution in [2.24, 2.45) is 0 Å². The quantitative estimate of drug-likeness (QED) is 0.782. The van der Waals surface area contributed by atoms with E-state index in [0.29, 0.717) is 32.5 Å². The van der Waals surface area contributed by atoms with E-state index < -0.39 is 5.54 Å². The van der Waals surface area contributed by atoms with Crippen LogP contribution in [0, 0.1) is 0 Å².